The fraction of sp³-hybridized carbons (Fsp3) is 0.588. The maximum absolute atomic E-state index is 12.9. The molecule has 2 aliphatic carbocycles. The number of aromatic nitrogens is 2. The lowest BCUT2D eigenvalue weighted by Gasteiger charge is -2.45. The van der Waals surface area contributed by atoms with Crippen LogP contribution in [0.4, 0.5) is 0 Å². The van der Waals surface area contributed by atoms with Crippen molar-refractivity contribution >= 4 is 17.0 Å². The number of H-pyrrole nitrogens is 1. The molecule has 7 heteroatoms. The number of hydrogen-bond acceptors (Lipinski definition) is 5. The highest BCUT2D eigenvalue weighted by Gasteiger charge is 2.40. The first-order valence-corrected chi connectivity index (χ1v) is 8.58. The number of aromatic amines is 1. The van der Waals surface area contributed by atoms with Crippen molar-refractivity contribution in [1.82, 2.24) is 15.3 Å². The molecule has 2 unspecified atom stereocenters. The van der Waals surface area contributed by atoms with E-state index in [0.717, 1.165) is 25.7 Å². The zero-order valence-corrected chi connectivity index (χ0v) is 13.7. The fourth-order valence-electron chi connectivity index (χ4n) is 4.58. The molecule has 0 aliphatic heterocycles. The maximum atomic E-state index is 12.9. The number of hydrogen-bond donors (Lipinski definition) is 3. The number of nitrogens with zero attached hydrogens (tertiary/aromatic N) is 1. The lowest BCUT2D eigenvalue weighted by molar-refractivity contribution is 0.0756. The van der Waals surface area contributed by atoms with Crippen LogP contribution in [0.25, 0.3) is 11.1 Å². The molecule has 2 bridgehead atoms. The Morgan fingerprint density at radius 2 is 2.08 bits per heavy atom. The van der Waals surface area contributed by atoms with Gasteiger partial charge in [0.05, 0.1) is 11.9 Å². The van der Waals surface area contributed by atoms with Gasteiger partial charge in [0.15, 0.2) is 0 Å². The normalized spacial score (nSPS) is 29.6. The molecule has 2 aliphatic rings. The summed E-state index contributed by atoms with van der Waals surface area (Å²) >= 11 is 0. The van der Waals surface area contributed by atoms with E-state index in [0.29, 0.717) is 23.2 Å². The van der Waals surface area contributed by atoms with Gasteiger partial charge in [0.1, 0.15) is 11.1 Å². The van der Waals surface area contributed by atoms with Crippen LogP contribution in [0.3, 0.4) is 0 Å². The van der Waals surface area contributed by atoms with Gasteiger partial charge in [-0.2, -0.15) is 0 Å². The number of carbonyl (C=O) groups excluding carboxylic acids is 1. The zero-order valence-electron chi connectivity index (χ0n) is 13.7. The van der Waals surface area contributed by atoms with Crippen LogP contribution in [0.2, 0.25) is 0 Å². The number of carbonyl (C=O) groups is 1. The maximum Gasteiger partial charge on any atom is 0.262 e. The Labute approximate surface area is 139 Å². The average Bonchev–Trinajstić information content (AvgIpc) is 2.85. The summed E-state index contributed by atoms with van der Waals surface area (Å²) in [4.78, 5) is 31.5. The Hall–Kier alpha value is -2.15. The Morgan fingerprint density at radius 1 is 1.38 bits per heavy atom. The van der Waals surface area contributed by atoms with Crippen molar-refractivity contribution in [2.24, 2.45) is 17.6 Å². The minimum absolute atomic E-state index is 0.131. The molecule has 2 saturated carbocycles. The number of furan rings is 1. The van der Waals surface area contributed by atoms with Gasteiger partial charge in [-0.3, -0.25) is 9.59 Å². The molecular formula is C17H22N4O3. The van der Waals surface area contributed by atoms with Gasteiger partial charge in [-0.15, -0.1) is 0 Å². The molecule has 128 valence electrons. The fourth-order valence-corrected chi connectivity index (χ4v) is 4.58. The van der Waals surface area contributed by atoms with Gasteiger partial charge in [-0.1, -0.05) is 6.42 Å². The van der Waals surface area contributed by atoms with Gasteiger partial charge in [0, 0.05) is 12.1 Å². The zero-order chi connectivity index (χ0) is 16.8. The first-order valence-electron chi connectivity index (χ1n) is 8.58. The molecule has 1 amide bonds. The van der Waals surface area contributed by atoms with Crippen LogP contribution in [-0.4, -0.2) is 28.0 Å². The predicted molar refractivity (Wildman–Crippen MR) is 88.7 cm³/mol. The second kappa shape index (κ2) is 5.73. The van der Waals surface area contributed by atoms with Gasteiger partial charge in [-0.05, 0) is 44.4 Å². The van der Waals surface area contributed by atoms with Crippen LogP contribution >= 0.6 is 0 Å². The molecule has 7 nitrogen and oxygen atoms in total. The lowest BCUT2D eigenvalue weighted by atomic mass is 9.67. The van der Waals surface area contributed by atoms with Crippen molar-refractivity contribution < 1.29 is 9.21 Å². The van der Waals surface area contributed by atoms with E-state index in [2.05, 4.69) is 15.3 Å². The molecular weight excluding hydrogens is 308 g/mol. The van der Waals surface area contributed by atoms with Crippen LogP contribution in [0.15, 0.2) is 15.5 Å². The highest BCUT2D eigenvalue weighted by atomic mass is 16.3. The van der Waals surface area contributed by atoms with Gasteiger partial charge in [-0.25, -0.2) is 4.98 Å². The van der Waals surface area contributed by atoms with E-state index in [1.54, 1.807) is 6.92 Å². The summed E-state index contributed by atoms with van der Waals surface area (Å²) in [6, 6.07) is 0.364. The van der Waals surface area contributed by atoms with Gasteiger partial charge < -0.3 is 20.5 Å². The summed E-state index contributed by atoms with van der Waals surface area (Å²) in [6.45, 7) is 1.69. The quantitative estimate of drug-likeness (QED) is 0.771. The summed E-state index contributed by atoms with van der Waals surface area (Å²) in [5.41, 5.74) is 6.30. The van der Waals surface area contributed by atoms with Crippen LogP contribution in [0.5, 0.6) is 0 Å². The summed E-state index contributed by atoms with van der Waals surface area (Å²) < 4.78 is 5.49. The summed E-state index contributed by atoms with van der Waals surface area (Å²) in [6.07, 6.45) is 6.59. The SMILES string of the molecule is Cc1oc2nc[nH]c(=O)c2c1C(=O)NC1C2CCCC1CC(N)C2. The van der Waals surface area contributed by atoms with Crippen molar-refractivity contribution in [2.45, 2.75) is 51.1 Å². The second-order valence-electron chi connectivity index (χ2n) is 7.13. The van der Waals surface area contributed by atoms with E-state index in [9.17, 15) is 9.59 Å². The summed E-state index contributed by atoms with van der Waals surface area (Å²) in [5, 5.41) is 3.40. The first-order chi connectivity index (χ1) is 11.5. The van der Waals surface area contributed by atoms with E-state index >= 15 is 0 Å². The highest BCUT2D eigenvalue weighted by molar-refractivity contribution is 6.06. The molecule has 2 aromatic heterocycles. The number of fused-ring (bicyclic) bond motifs is 3. The minimum atomic E-state index is -0.354. The third-order valence-corrected chi connectivity index (χ3v) is 5.57. The van der Waals surface area contributed by atoms with Crippen molar-refractivity contribution in [2.75, 3.05) is 0 Å². The molecule has 2 fully saturated rings. The minimum Gasteiger partial charge on any atom is -0.442 e. The molecule has 0 spiro atoms. The molecule has 4 rings (SSSR count). The average molecular weight is 330 g/mol. The van der Waals surface area contributed by atoms with Crippen LogP contribution in [-0.2, 0) is 0 Å². The molecule has 4 N–H and O–H groups in total. The molecule has 24 heavy (non-hydrogen) atoms. The number of aryl methyl sites for hydroxylation is 1. The summed E-state index contributed by atoms with van der Waals surface area (Å²) in [5.74, 6) is 1.02. The van der Waals surface area contributed by atoms with E-state index in [4.69, 9.17) is 10.2 Å². The molecule has 0 aromatic carbocycles. The molecule has 0 saturated heterocycles. The van der Waals surface area contributed by atoms with Crippen molar-refractivity contribution in [1.29, 1.82) is 0 Å². The molecule has 2 atom stereocenters. The third-order valence-electron chi connectivity index (χ3n) is 5.57. The van der Waals surface area contributed by atoms with Gasteiger partial charge in [0.2, 0.25) is 5.71 Å². The van der Waals surface area contributed by atoms with E-state index in [-0.39, 0.29) is 34.6 Å². The number of nitrogens with two attached hydrogens (primary N) is 1. The van der Waals surface area contributed by atoms with Crippen molar-refractivity contribution in [3.63, 3.8) is 0 Å². The Kier molecular flexibility index (Phi) is 3.68. The Morgan fingerprint density at radius 3 is 2.79 bits per heavy atom. The summed E-state index contributed by atoms with van der Waals surface area (Å²) in [7, 11) is 0. The number of rotatable bonds is 2. The molecule has 2 aromatic rings. The first kappa shape index (κ1) is 15.4. The van der Waals surface area contributed by atoms with Gasteiger partial charge in [0.25, 0.3) is 11.5 Å². The lowest BCUT2D eigenvalue weighted by Crippen LogP contribution is -2.53. The van der Waals surface area contributed by atoms with E-state index in [1.807, 2.05) is 0 Å². The monoisotopic (exact) mass is 330 g/mol. The number of amides is 1. The topological polar surface area (TPSA) is 114 Å². The van der Waals surface area contributed by atoms with Crippen molar-refractivity contribution in [3.05, 3.63) is 28.0 Å². The Balaban J connectivity index is 1.66. The molecule has 2 heterocycles. The van der Waals surface area contributed by atoms with Crippen molar-refractivity contribution in [3.8, 4) is 0 Å². The van der Waals surface area contributed by atoms with Gasteiger partial charge >= 0.3 is 0 Å². The smallest absolute Gasteiger partial charge is 0.262 e. The molecule has 0 radical (unpaired) electrons. The van der Waals surface area contributed by atoms with E-state index < -0.39 is 0 Å². The van der Waals surface area contributed by atoms with Crippen LogP contribution < -0.4 is 16.6 Å². The predicted octanol–water partition coefficient (Wildman–Crippen LogP) is 1.46. The second-order valence-corrected chi connectivity index (χ2v) is 7.13. The Bertz CT molecular complexity index is 826. The largest absolute Gasteiger partial charge is 0.442 e. The standard InChI is InChI=1S/C17H22N4O3/c1-8-12(13-15(22)19-7-20-17(13)24-8)16(23)21-14-9-3-2-4-10(14)6-11(18)5-9/h7,9-11,14H,2-6,18H2,1H3,(H,21,23)(H,19,20,22). The number of nitrogens with one attached hydrogen (secondary N) is 2. The third kappa shape index (κ3) is 2.43. The van der Waals surface area contributed by atoms with Crippen LogP contribution in [0, 0.1) is 18.8 Å². The van der Waals surface area contributed by atoms with Crippen LogP contribution in [0.1, 0.15) is 48.2 Å². The highest BCUT2D eigenvalue weighted by Crippen LogP contribution is 2.40. The van der Waals surface area contributed by atoms with E-state index in [1.165, 1.54) is 12.7 Å².